The van der Waals surface area contributed by atoms with Crippen LogP contribution in [0.25, 0.3) is 5.76 Å². The lowest BCUT2D eigenvalue weighted by Gasteiger charge is -2.30. The van der Waals surface area contributed by atoms with Crippen LogP contribution < -0.4 is 4.74 Å². The van der Waals surface area contributed by atoms with Crippen LogP contribution in [0, 0.1) is 0 Å². The molecule has 2 heterocycles. The van der Waals surface area contributed by atoms with Crippen LogP contribution in [0.5, 0.6) is 5.75 Å². The predicted octanol–water partition coefficient (Wildman–Crippen LogP) is 4.23. The molecule has 1 amide bonds. The summed E-state index contributed by atoms with van der Waals surface area (Å²) in [6, 6.07) is 9.99. The van der Waals surface area contributed by atoms with E-state index in [1.54, 1.807) is 41.6 Å². The van der Waals surface area contributed by atoms with Crippen LogP contribution in [0.15, 0.2) is 54.4 Å². The van der Waals surface area contributed by atoms with Crippen molar-refractivity contribution in [1.29, 1.82) is 0 Å². The topological polar surface area (TPSA) is 79.7 Å². The van der Waals surface area contributed by atoms with E-state index in [1.807, 2.05) is 19.1 Å². The zero-order valence-corrected chi connectivity index (χ0v) is 17.1. The molecule has 1 aliphatic carbocycles. The van der Waals surface area contributed by atoms with Crippen LogP contribution in [-0.4, -0.2) is 39.3 Å². The summed E-state index contributed by atoms with van der Waals surface area (Å²) >= 11 is 0. The van der Waals surface area contributed by atoms with Crippen LogP contribution >= 0.6 is 0 Å². The van der Waals surface area contributed by atoms with E-state index in [0.29, 0.717) is 17.9 Å². The first-order valence-electron chi connectivity index (χ1n) is 10.5. The highest BCUT2D eigenvalue weighted by molar-refractivity contribution is 6.46. The molecule has 1 atom stereocenters. The maximum absolute atomic E-state index is 13.1. The highest BCUT2D eigenvalue weighted by Gasteiger charge is 2.49. The first kappa shape index (κ1) is 20.1. The first-order valence-corrected chi connectivity index (χ1v) is 10.5. The van der Waals surface area contributed by atoms with Gasteiger partial charge in [0.2, 0.25) is 0 Å². The Labute approximate surface area is 176 Å². The average Bonchev–Trinajstić information content (AvgIpc) is 3.39. The van der Waals surface area contributed by atoms with Crippen molar-refractivity contribution in [2.45, 2.75) is 51.1 Å². The number of hydrogen-bond acceptors (Lipinski definition) is 5. The van der Waals surface area contributed by atoms with Gasteiger partial charge in [-0.3, -0.25) is 14.6 Å². The van der Waals surface area contributed by atoms with E-state index in [2.05, 4.69) is 4.98 Å². The smallest absolute Gasteiger partial charge is 0.295 e. The number of carbonyl (C=O) groups is 2. The molecule has 0 bridgehead atoms. The minimum atomic E-state index is -0.645. The lowest BCUT2D eigenvalue weighted by atomic mass is 9.95. The summed E-state index contributed by atoms with van der Waals surface area (Å²) in [4.78, 5) is 31.9. The average molecular weight is 406 g/mol. The third-order valence-corrected chi connectivity index (χ3v) is 5.78. The summed E-state index contributed by atoms with van der Waals surface area (Å²) in [5.41, 5.74) is 1.30. The SMILES string of the molecule is CCCOc1cccc(/C(O)=C2/C(=O)C(=O)N(C3CCCC3)C2c2cccnc2)c1. The van der Waals surface area contributed by atoms with Crippen molar-refractivity contribution in [2.75, 3.05) is 6.61 Å². The molecule has 30 heavy (non-hydrogen) atoms. The second-order valence-corrected chi connectivity index (χ2v) is 7.81. The molecule has 0 spiro atoms. The molecule has 4 rings (SSSR count). The van der Waals surface area contributed by atoms with Gasteiger partial charge in [-0.15, -0.1) is 0 Å². The number of ether oxygens (including phenoxy) is 1. The summed E-state index contributed by atoms with van der Waals surface area (Å²) in [5.74, 6) is -0.752. The molecule has 0 radical (unpaired) electrons. The summed E-state index contributed by atoms with van der Waals surface area (Å²) in [6.07, 6.45) is 7.97. The number of hydrogen-bond donors (Lipinski definition) is 1. The molecule has 2 aliphatic rings. The van der Waals surface area contributed by atoms with Crippen molar-refractivity contribution in [3.63, 3.8) is 0 Å². The molecule has 2 aromatic rings. The fourth-order valence-corrected chi connectivity index (χ4v) is 4.38. The Kier molecular flexibility index (Phi) is 5.84. The normalized spacial score (nSPS) is 21.4. The minimum Gasteiger partial charge on any atom is -0.507 e. The quantitative estimate of drug-likeness (QED) is 0.441. The van der Waals surface area contributed by atoms with E-state index in [4.69, 9.17) is 4.74 Å². The summed E-state index contributed by atoms with van der Waals surface area (Å²) in [6.45, 7) is 2.58. The number of aromatic nitrogens is 1. The van der Waals surface area contributed by atoms with E-state index >= 15 is 0 Å². The largest absolute Gasteiger partial charge is 0.507 e. The molecule has 6 heteroatoms. The lowest BCUT2D eigenvalue weighted by molar-refractivity contribution is -0.141. The molecular weight excluding hydrogens is 380 g/mol. The third-order valence-electron chi connectivity index (χ3n) is 5.78. The molecule has 1 aromatic heterocycles. The highest BCUT2D eigenvalue weighted by Crippen LogP contribution is 2.43. The highest BCUT2D eigenvalue weighted by atomic mass is 16.5. The van der Waals surface area contributed by atoms with Crippen molar-refractivity contribution >= 4 is 17.4 Å². The number of Topliss-reactive ketones (excluding diaryl/α,β-unsaturated/α-hetero) is 1. The number of rotatable bonds is 6. The van der Waals surface area contributed by atoms with Gasteiger partial charge >= 0.3 is 0 Å². The van der Waals surface area contributed by atoms with Gasteiger partial charge in [-0.1, -0.05) is 38.0 Å². The Morgan fingerprint density at radius 3 is 2.70 bits per heavy atom. The molecule has 1 saturated carbocycles. The number of benzene rings is 1. The summed E-state index contributed by atoms with van der Waals surface area (Å²) in [7, 11) is 0. The molecule has 1 N–H and O–H groups in total. The number of aliphatic hydroxyl groups is 1. The molecular formula is C24H26N2O4. The van der Waals surface area contributed by atoms with Gasteiger partial charge in [0.1, 0.15) is 11.5 Å². The standard InChI is InChI=1S/C24H26N2O4/c1-2-13-30-19-11-5-7-16(14-19)22(27)20-21(17-8-6-12-25-15-17)26(24(29)23(20)28)18-9-3-4-10-18/h5-8,11-12,14-15,18,21,27H,2-4,9-10,13H2,1H3/b22-20-. The van der Waals surface area contributed by atoms with Crippen molar-refractivity contribution in [2.24, 2.45) is 0 Å². The van der Waals surface area contributed by atoms with Gasteiger partial charge in [-0.25, -0.2) is 0 Å². The Hall–Kier alpha value is -3.15. The Morgan fingerprint density at radius 1 is 1.20 bits per heavy atom. The second kappa shape index (κ2) is 8.69. The fourth-order valence-electron chi connectivity index (χ4n) is 4.38. The van der Waals surface area contributed by atoms with Gasteiger partial charge in [0.05, 0.1) is 18.2 Å². The molecule has 1 aliphatic heterocycles. The van der Waals surface area contributed by atoms with Gasteiger partial charge in [0, 0.05) is 24.0 Å². The third kappa shape index (κ3) is 3.70. The first-order chi connectivity index (χ1) is 14.6. The number of nitrogens with zero attached hydrogens (tertiary/aromatic N) is 2. The molecule has 6 nitrogen and oxygen atoms in total. The Bertz CT molecular complexity index is 964. The summed E-state index contributed by atoms with van der Waals surface area (Å²) in [5, 5.41) is 11.2. The molecule has 1 aromatic carbocycles. The van der Waals surface area contributed by atoms with Crippen LogP contribution in [0.4, 0.5) is 0 Å². The van der Waals surface area contributed by atoms with Crippen LogP contribution in [0.2, 0.25) is 0 Å². The zero-order chi connectivity index (χ0) is 21.1. The zero-order valence-electron chi connectivity index (χ0n) is 17.1. The Balaban J connectivity index is 1.81. The van der Waals surface area contributed by atoms with Gasteiger partial charge in [0.15, 0.2) is 0 Å². The van der Waals surface area contributed by atoms with E-state index < -0.39 is 17.7 Å². The van der Waals surface area contributed by atoms with Crippen molar-refractivity contribution < 1.29 is 19.4 Å². The van der Waals surface area contributed by atoms with Crippen molar-refractivity contribution in [3.8, 4) is 5.75 Å². The number of ketones is 1. The van der Waals surface area contributed by atoms with E-state index in [-0.39, 0.29) is 17.4 Å². The molecule has 2 fully saturated rings. The number of amides is 1. The number of likely N-dealkylation sites (tertiary alicyclic amines) is 1. The van der Waals surface area contributed by atoms with E-state index in [9.17, 15) is 14.7 Å². The molecule has 1 unspecified atom stereocenters. The van der Waals surface area contributed by atoms with Crippen LogP contribution in [-0.2, 0) is 9.59 Å². The second-order valence-electron chi connectivity index (χ2n) is 7.81. The van der Waals surface area contributed by atoms with E-state index in [0.717, 1.165) is 37.7 Å². The summed E-state index contributed by atoms with van der Waals surface area (Å²) < 4.78 is 5.66. The van der Waals surface area contributed by atoms with Gasteiger partial charge in [-0.2, -0.15) is 0 Å². The molecule has 1 saturated heterocycles. The molecule has 156 valence electrons. The van der Waals surface area contributed by atoms with Gasteiger partial charge in [-0.05, 0) is 43.0 Å². The predicted molar refractivity (Wildman–Crippen MR) is 113 cm³/mol. The Morgan fingerprint density at radius 2 is 2.00 bits per heavy atom. The monoisotopic (exact) mass is 406 g/mol. The number of aliphatic hydroxyl groups excluding tert-OH is 1. The van der Waals surface area contributed by atoms with Crippen molar-refractivity contribution in [1.82, 2.24) is 9.88 Å². The number of carbonyl (C=O) groups excluding carboxylic acids is 2. The van der Waals surface area contributed by atoms with Crippen LogP contribution in [0.3, 0.4) is 0 Å². The van der Waals surface area contributed by atoms with E-state index in [1.165, 1.54) is 0 Å². The van der Waals surface area contributed by atoms with Crippen molar-refractivity contribution in [3.05, 3.63) is 65.5 Å². The minimum absolute atomic E-state index is 0.00354. The number of pyridine rings is 1. The van der Waals surface area contributed by atoms with Crippen LogP contribution in [0.1, 0.15) is 56.2 Å². The van der Waals surface area contributed by atoms with Gasteiger partial charge < -0.3 is 14.7 Å². The maximum atomic E-state index is 13.1. The fraction of sp³-hybridized carbons (Fsp3) is 0.375. The van der Waals surface area contributed by atoms with Gasteiger partial charge in [0.25, 0.3) is 11.7 Å². The maximum Gasteiger partial charge on any atom is 0.295 e. The lowest BCUT2D eigenvalue weighted by Crippen LogP contribution is -2.37.